The standard InChI is InChI=1S/C13H13NO2/c1-8-7-14-12-5-4-10(13(15)16-3)6-11(12)9(8)2/h4-7H,1-3H3. The molecule has 0 aliphatic carbocycles. The molecule has 1 aromatic carbocycles. The molecule has 0 atom stereocenters. The van der Waals surface area contributed by atoms with Crippen LogP contribution in [-0.4, -0.2) is 18.1 Å². The minimum atomic E-state index is -0.317. The van der Waals surface area contributed by atoms with Crippen molar-refractivity contribution in [1.29, 1.82) is 0 Å². The number of benzene rings is 1. The maximum atomic E-state index is 11.4. The first-order chi connectivity index (χ1) is 7.63. The highest BCUT2D eigenvalue weighted by Crippen LogP contribution is 2.20. The molecule has 0 spiro atoms. The maximum Gasteiger partial charge on any atom is 0.337 e. The summed E-state index contributed by atoms with van der Waals surface area (Å²) in [6.07, 6.45) is 1.84. The Kier molecular flexibility index (Phi) is 2.60. The minimum absolute atomic E-state index is 0.317. The van der Waals surface area contributed by atoms with Crippen LogP contribution in [0.1, 0.15) is 21.5 Å². The van der Waals surface area contributed by atoms with Crippen LogP contribution in [0.4, 0.5) is 0 Å². The number of methoxy groups -OCH3 is 1. The van der Waals surface area contributed by atoms with Crippen LogP contribution in [0.25, 0.3) is 10.9 Å². The highest BCUT2D eigenvalue weighted by atomic mass is 16.5. The van der Waals surface area contributed by atoms with Gasteiger partial charge in [0.05, 0.1) is 18.2 Å². The van der Waals surface area contributed by atoms with Gasteiger partial charge in [-0.15, -0.1) is 0 Å². The molecule has 0 saturated carbocycles. The number of esters is 1. The minimum Gasteiger partial charge on any atom is -0.465 e. The molecule has 0 amide bonds. The summed E-state index contributed by atoms with van der Waals surface area (Å²) in [5, 5.41) is 1.00. The van der Waals surface area contributed by atoms with Gasteiger partial charge in [0.15, 0.2) is 0 Å². The third-order valence-corrected chi connectivity index (χ3v) is 2.81. The maximum absolute atomic E-state index is 11.4. The summed E-state index contributed by atoms with van der Waals surface area (Å²) < 4.78 is 4.70. The van der Waals surface area contributed by atoms with Gasteiger partial charge >= 0.3 is 5.97 Å². The van der Waals surface area contributed by atoms with Gasteiger partial charge in [0.25, 0.3) is 0 Å². The molecule has 0 radical (unpaired) electrons. The second-order valence-electron chi connectivity index (χ2n) is 3.79. The predicted octanol–water partition coefficient (Wildman–Crippen LogP) is 2.64. The van der Waals surface area contributed by atoms with Crippen LogP contribution in [0, 0.1) is 13.8 Å². The van der Waals surface area contributed by atoms with E-state index in [-0.39, 0.29) is 5.97 Å². The Morgan fingerprint density at radius 1 is 1.31 bits per heavy atom. The van der Waals surface area contributed by atoms with Crippen molar-refractivity contribution in [2.24, 2.45) is 0 Å². The van der Waals surface area contributed by atoms with Crippen LogP contribution >= 0.6 is 0 Å². The largest absolute Gasteiger partial charge is 0.465 e. The average molecular weight is 215 g/mol. The smallest absolute Gasteiger partial charge is 0.337 e. The number of aromatic nitrogens is 1. The van der Waals surface area contributed by atoms with E-state index in [1.54, 1.807) is 6.07 Å². The van der Waals surface area contributed by atoms with Gasteiger partial charge in [-0.3, -0.25) is 4.98 Å². The van der Waals surface area contributed by atoms with Crippen molar-refractivity contribution < 1.29 is 9.53 Å². The Hall–Kier alpha value is -1.90. The van der Waals surface area contributed by atoms with E-state index in [0.29, 0.717) is 5.56 Å². The summed E-state index contributed by atoms with van der Waals surface area (Å²) in [5.41, 5.74) is 3.73. The number of ether oxygens (including phenoxy) is 1. The zero-order valence-corrected chi connectivity index (χ0v) is 9.57. The van der Waals surface area contributed by atoms with E-state index >= 15 is 0 Å². The van der Waals surface area contributed by atoms with Crippen molar-refractivity contribution in [3.05, 3.63) is 41.1 Å². The van der Waals surface area contributed by atoms with E-state index in [1.807, 2.05) is 32.2 Å². The van der Waals surface area contributed by atoms with Crippen LogP contribution in [0.2, 0.25) is 0 Å². The molecule has 0 bridgehead atoms. The lowest BCUT2D eigenvalue weighted by Crippen LogP contribution is -2.01. The molecule has 0 aliphatic heterocycles. The molecule has 2 rings (SSSR count). The predicted molar refractivity (Wildman–Crippen MR) is 62.6 cm³/mol. The quantitative estimate of drug-likeness (QED) is 0.686. The van der Waals surface area contributed by atoms with Crippen LogP contribution < -0.4 is 0 Å². The van der Waals surface area contributed by atoms with Gasteiger partial charge in [0, 0.05) is 11.6 Å². The number of aryl methyl sites for hydroxylation is 2. The van der Waals surface area contributed by atoms with E-state index < -0.39 is 0 Å². The Balaban J connectivity index is 2.69. The van der Waals surface area contributed by atoms with Gasteiger partial charge in [-0.05, 0) is 43.2 Å². The number of hydrogen-bond acceptors (Lipinski definition) is 3. The third kappa shape index (κ3) is 1.65. The number of carbonyl (C=O) groups excluding carboxylic acids is 1. The van der Waals surface area contributed by atoms with Gasteiger partial charge in [-0.25, -0.2) is 4.79 Å². The SMILES string of the molecule is COC(=O)c1ccc2ncc(C)c(C)c2c1. The Bertz CT molecular complexity index is 561. The Labute approximate surface area is 94.1 Å². The lowest BCUT2D eigenvalue weighted by molar-refractivity contribution is 0.0601. The number of pyridine rings is 1. The number of nitrogens with zero attached hydrogens (tertiary/aromatic N) is 1. The fraction of sp³-hybridized carbons (Fsp3) is 0.231. The molecule has 1 heterocycles. The van der Waals surface area contributed by atoms with Crippen molar-refractivity contribution >= 4 is 16.9 Å². The summed E-state index contributed by atoms with van der Waals surface area (Å²) in [6.45, 7) is 4.03. The monoisotopic (exact) mass is 215 g/mol. The molecule has 3 heteroatoms. The molecule has 1 aromatic heterocycles. The molecule has 0 unspecified atom stereocenters. The number of carbonyl (C=O) groups is 1. The van der Waals surface area contributed by atoms with Crippen LogP contribution in [0.15, 0.2) is 24.4 Å². The third-order valence-electron chi connectivity index (χ3n) is 2.81. The molecule has 0 fully saturated rings. The number of rotatable bonds is 1. The van der Waals surface area contributed by atoms with Crippen molar-refractivity contribution in [2.75, 3.05) is 7.11 Å². The van der Waals surface area contributed by atoms with Gasteiger partial charge in [0.2, 0.25) is 0 Å². The number of fused-ring (bicyclic) bond motifs is 1. The van der Waals surface area contributed by atoms with Crippen LogP contribution in [0.5, 0.6) is 0 Å². The first-order valence-electron chi connectivity index (χ1n) is 5.08. The van der Waals surface area contributed by atoms with Gasteiger partial charge in [-0.2, -0.15) is 0 Å². The van der Waals surface area contributed by atoms with E-state index in [9.17, 15) is 4.79 Å². The zero-order chi connectivity index (χ0) is 11.7. The summed E-state index contributed by atoms with van der Waals surface area (Å²) in [5.74, 6) is -0.317. The molecule has 0 saturated heterocycles. The topological polar surface area (TPSA) is 39.2 Å². The Morgan fingerprint density at radius 3 is 2.75 bits per heavy atom. The summed E-state index contributed by atoms with van der Waals surface area (Å²) >= 11 is 0. The van der Waals surface area contributed by atoms with Crippen molar-refractivity contribution in [3.63, 3.8) is 0 Å². The molecule has 3 nitrogen and oxygen atoms in total. The molecule has 82 valence electrons. The fourth-order valence-corrected chi connectivity index (χ4v) is 1.67. The molecule has 2 aromatic rings. The van der Waals surface area contributed by atoms with Gasteiger partial charge in [0.1, 0.15) is 0 Å². The van der Waals surface area contributed by atoms with Crippen LogP contribution in [0.3, 0.4) is 0 Å². The Morgan fingerprint density at radius 2 is 2.06 bits per heavy atom. The van der Waals surface area contributed by atoms with Gasteiger partial charge < -0.3 is 4.74 Å². The molecular formula is C13H13NO2. The highest BCUT2D eigenvalue weighted by Gasteiger charge is 2.08. The molecule has 0 N–H and O–H groups in total. The average Bonchev–Trinajstić information content (AvgIpc) is 2.32. The highest BCUT2D eigenvalue weighted by molar-refractivity contribution is 5.95. The van der Waals surface area contributed by atoms with Crippen molar-refractivity contribution in [3.8, 4) is 0 Å². The van der Waals surface area contributed by atoms with E-state index in [4.69, 9.17) is 4.74 Å². The first-order valence-corrected chi connectivity index (χ1v) is 5.08. The van der Waals surface area contributed by atoms with E-state index in [1.165, 1.54) is 7.11 Å². The second kappa shape index (κ2) is 3.93. The lowest BCUT2D eigenvalue weighted by atomic mass is 10.0. The van der Waals surface area contributed by atoms with Crippen molar-refractivity contribution in [1.82, 2.24) is 4.98 Å². The molecular weight excluding hydrogens is 202 g/mol. The van der Waals surface area contributed by atoms with E-state index in [0.717, 1.165) is 22.0 Å². The van der Waals surface area contributed by atoms with Crippen LogP contribution in [-0.2, 0) is 4.74 Å². The fourth-order valence-electron chi connectivity index (χ4n) is 1.67. The lowest BCUT2D eigenvalue weighted by Gasteiger charge is -2.06. The second-order valence-corrected chi connectivity index (χ2v) is 3.79. The normalized spacial score (nSPS) is 10.4. The first kappa shape index (κ1) is 10.6. The van der Waals surface area contributed by atoms with Gasteiger partial charge in [-0.1, -0.05) is 0 Å². The van der Waals surface area contributed by atoms with Crippen molar-refractivity contribution in [2.45, 2.75) is 13.8 Å². The molecule has 16 heavy (non-hydrogen) atoms. The summed E-state index contributed by atoms with van der Waals surface area (Å²) in [6, 6.07) is 5.40. The zero-order valence-electron chi connectivity index (χ0n) is 9.57. The van der Waals surface area contributed by atoms with E-state index in [2.05, 4.69) is 4.98 Å². The summed E-state index contributed by atoms with van der Waals surface area (Å²) in [7, 11) is 1.38. The molecule has 0 aliphatic rings. The number of hydrogen-bond donors (Lipinski definition) is 0. The summed E-state index contributed by atoms with van der Waals surface area (Å²) in [4.78, 5) is 15.7.